The third-order valence-electron chi connectivity index (χ3n) is 2.28. The van der Waals surface area contributed by atoms with Gasteiger partial charge in [0.05, 0.1) is 6.61 Å². The Morgan fingerprint density at radius 1 is 1.08 bits per heavy atom. The van der Waals surface area contributed by atoms with Crippen LogP contribution in [0.4, 0.5) is 0 Å². The fourth-order valence-electron chi connectivity index (χ4n) is 1.05. The molecule has 1 heteroatoms. The molecule has 1 rings (SSSR count). The van der Waals surface area contributed by atoms with Gasteiger partial charge in [-0.2, -0.15) is 0 Å². The maximum absolute atomic E-state index is 5.48. The van der Waals surface area contributed by atoms with Crippen molar-refractivity contribution >= 4 is 0 Å². The van der Waals surface area contributed by atoms with Crippen LogP contribution < -0.4 is 0 Å². The van der Waals surface area contributed by atoms with Crippen LogP contribution in [0, 0.1) is 22.7 Å². The molecule has 1 aliphatic rings. The largest absolute Gasteiger partial charge is 0.355 e. The molecule has 1 atom stereocenters. The molecule has 0 amide bonds. The Balaban J connectivity index is 2.79. The van der Waals surface area contributed by atoms with Crippen LogP contribution >= 0.6 is 0 Å². The second-order valence-corrected chi connectivity index (χ2v) is 5.87. The summed E-state index contributed by atoms with van der Waals surface area (Å²) in [6.45, 7) is 13.7. The zero-order valence-corrected chi connectivity index (χ0v) is 9.62. The lowest BCUT2D eigenvalue weighted by molar-refractivity contribution is 0.208. The van der Waals surface area contributed by atoms with Crippen molar-refractivity contribution in [3.05, 3.63) is 0 Å². The SMILES string of the molecule is CC(C)(C)C#CC1(C(C)(C)C)CO1. The van der Waals surface area contributed by atoms with Crippen molar-refractivity contribution in [2.75, 3.05) is 6.61 Å². The Kier molecular flexibility index (Phi) is 2.24. The van der Waals surface area contributed by atoms with Crippen molar-refractivity contribution in [3.63, 3.8) is 0 Å². The minimum atomic E-state index is -0.166. The molecule has 0 aliphatic carbocycles. The minimum absolute atomic E-state index is 0.0736. The van der Waals surface area contributed by atoms with Crippen LogP contribution in [0.3, 0.4) is 0 Å². The predicted molar refractivity (Wildman–Crippen MR) is 55.4 cm³/mol. The molecule has 0 aromatic heterocycles. The first-order valence-corrected chi connectivity index (χ1v) is 4.85. The summed E-state index contributed by atoms with van der Waals surface area (Å²) in [6.07, 6.45) is 0. The van der Waals surface area contributed by atoms with Crippen LogP contribution in [0.5, 0.6) is 0 Å². The van der Waals surface area contributed by atoms with Gasteiger partial charge in [0, 0.05) is 10.8 Å². The van der Waals surface area contributed by atoms with Gasteiger partial charge in [-0.05, 0) is 20.8 Å². The van der Waals surface area contributed by atoms with Crippen molar-refractivity contribution < 1.29 is 4.74 Å². The van der Waals surface area contributed by atoms with Crippen LogP contribution in [-0.2, 0) is 4.74 Å². The zero-order valence-electron chi connectivity index (χ0n) is 9.62. The summed E-state index contributed by atoms with van der Waals surface area (Å²) in [5, 5.41) is 0. The van der Waals surface area contributed by atoms with Gasteiger partial charge in [-0.3, -0.25) is 0 Å². The molecule has 1 saturated heterocycles. The van der Waals surface area contributed by atoms with Crippen molar-refractivity contribution in [2.45, 2.75) is 47.1 Å². The van der Waals surface area contributed by atoms with E-state index in [1.54, 1.807) is 0 Å². The molecule has 0 N–H and O–H groups in total. The Morgan fingerprint density at radius 3 is 1.77 bits per heavy atom. The smallest absolute Gasteiger partial charge is 0.156 e. The van der Waals surface area contributed by atoms with Gasteiger partial charge in [0.25, 0.3) is 0 Å². The van der Waals surface area contributed by atoms with E-state index in [1.165, 1.54) is 0 Å². The van der Waals surface area contributed by atoms with Gasteiger partial charge in [-0.15, -0.1) is 0 Å². The van der Waals surface area contributed by atoms with E-state index >= 15 is 0 Å². The van der Waals surface area contributed by atoms with Gasteiger partial charge in [0.1, 0.15) is 0 Å². The maximum Gasteiger partial charge on any atom is 0.156 e. The number of ether oxygens (including phenoxy) is 1. The summed E-state index contributed by atoms with van der Waals surface area (Å²) in [4.78, 5) is 0. The molecule has 0 spiro atoms. The molecular weight excluding hydrogens is 160 g/mol. The lowest BCUT2D eigenvalue weighted by Crippen LogP contribution is -2.28. The predicted octanol–water partition coefficient (Wildman–Crippen LogP) is 2.85. The molecule has 1 heterocycles. The first kappa shape index (κ1) is 10.6. The van der Waals surface area contributed by atoms with Crippen molar-refractivity contribution in [1.29, 1.82) is 0 Å². The van der Waals surface area contributed by atoms with Gasteiger partial charge in [0.2, 0.25) is 0 Å². The van der Waals surface area contributed by atoms with Crippen molar-refractivity contribution in [3.8, 4) is 11.8 Å². The lowest BCUT2D eigenvalue weighted by atomic mass is 9.80. The van der Waals surface area contributed by atoms with Crippen LogP contribution in [0.1, 0.15) is 41.5 Å². The van der Waals surface area contributed by atoms with E-state index in [4.69, 9.17) is 4.74 Å². The Hall–Kier alpha value is -0.480. The molecule has 1 aliphatic heterocycles. The fraction of sp³-hybridized carbons (Fsp3) is 0.833. The molecule has 13 heavy (non-hydrogen) atoms. The fourth-order valence-corrected chi connectivity index (χ4v) is 1.05. The summed E-state index contributed by atoms with van der Waals surface area (Å²) in [6, 6.07) is 0. The summed E-state index contributed by atoms with van der Waals surface area (Å²) in [5.41, 5.74) is 0.0374. The molecule has 74 valence electrons. The van der Waals surface area contributed by atoms with E-state index in [2.05, 4.69) is 53.4 Å². The molecular formula is C12H20O. The topological polar surface area (TPSA) is 12.5 Å². The molecule has 0 aromatic rings. The lowest BCUT2D eigenvalue weighted by Gasteiger charge is -2.23. The highest BCUT2D eigenvalue weighted by molar-refractivity contribution is 5.27. The molecule has 1 nitrogen and oxygen atoms in total. The third kappa shape index (κ3) is 2.48. The molecule has 0 saturated carbocycles. The maximum atomic E-state index is 5.48. The number of hydrogen-bond donors (Lipinski definition) is 0. The van der Waals surface area contributed by atoms with Gasteiger partial charge < -0.3 is 4.74 Å². The van der Waals surface area contributed by atoms with E-state index < -0.39 is 0 Å². The third-order valence-corrected chi connectivity index (χ3v) is 2.28. The van der Waals surface area contributed by atoms with E-state index in [9.17, 15) is 0 Å². The highest BCUT2D eigenvalue weighted by Gasteiger charge is 2.53. The van der Waals surface area contributed by atoms with Crippen LogP contribution in [0.2, 0.25) is 0 Å². The average molecular weight is 180 g/mol. The first-order chi connectivity index (χ1) is 5.66. The van der Waals surface area contributed by atoms with E-state index in [0.717, 1.165) is 6.61 Å². The summed E-state index contributed by atoms with van der Waals surface area (Å²) >= 11 is 0. The van der Waals surface area contributed by atoms with E-state index in [1.807, 2.05) is 0 Å². The van der Waals surface area contributed by atoms with Gasteiger partial charge >= 0.3 is 0 Å². The molecule has 1 fully saturated rings. The van der Waals surface area contributed by atoms with Crippen LogP contribution in [0.15, 0.2) is 0 Å². The van der Waals surface area contributed by atoms with Gasteiger partial charge in [-0.1, -0.05) is 32.6 Å². The number of epoxide rings is 1. The van der Waals surface area contributed by atoms with Crippen LogP contribution in [0.25, 0.3) is 0 Å². The summed E-state index contributed by atoms with van der Waals surface area (Å²) in [5.74, 6) is 6.53. The Labute approximate surface area is 81.9 Å². The molecule has 0 radical (unpaired) electrons. The number of hydrogen-bond acceptors (Lipinski definition) is 1. The highest BCUT2D eigenvalue weighted by atomic mass is 16.6. The van der Waals surface area contributed by atoms with E-state index in [0.29, 0.717) is 0 Å². The van der Waals surface area contributed by atoms with Crippen molar-refractivity contribution in [1.82, 2.24) is 0 Å². The first-order valence-electron chi connectivity index (χ1n) is 4.85. The van der Waals surface area contributed by atoms with Gasteiger partial charge in [0.15, 0.2) is 5.60 Å². The standard InChI is InChI=1S/C12H20O/c1-10(2,3)7-8-12(9-13-12)11(4,5)6/h9H2,1-6H3. The van der Waals surface area contributed by atoms with Gasteiger partial charge in [-0.25, -0.2) is 0 Å². The molecule has 0 aromatic carbocycles. The second kappa shape index (κ2) is 2.75. The number of rotatable bonds is 0. The quantitative estimate of drug-likeness (QED) is 0.412. The monoisotopic (exact) mass is 180 g/mol. The highest BCUT2D eigenvalue weighted by Crippen LogP contribution is 2.43. The average Bonchev–Trinajstić information content (AvgIpc) is 2.58. The molecule has 0 bridgehead atoms. The molecule has 1 unspecified atom stereocenters. The van der Waals surface area contributed by atoms with Crippen molar-refractivity contribution in [2.24, 2.45) is 10.8 Å². The normalized spacial score (nSPS) is 27.8. The zero-order chi connectivity index (χ0) is 10.3. The Morgan fingerprint density at radius 2 is 1.54 bits per heavy atom. The minimum Gasteiger partial charge on any atom is -0.355 e. The Bertz CT molecular complexity index is 248. The second-order valence-electron chi connectivity index (χ2n) is 5.87. The van der Waals surface area contributed by atoms with Crippen LogP contribution in [-0.4, -0.2) is 12.2 Å². The summed E-state index contributed by atoms with van der Waals surface area (Å²) < 4.78 is 5.48. The summed E-state index contributed by atoms with van der Waals surface area (Å²) in [7, 11) is 0. The van der Waals surface area contributed by atoms with E-state index in [-0.39, 0.29) is 16.4 Å².